The molecule has 4 rings (SSSR count). The lowest BCUT2D eigenvalue weighted by atomic mass is 10.1. The van der Waals surface area contributed by atoms with E-state index < -0.39 is 17.6 Å². The standard InChI is InChI=1S/C25H35N5O5/c1-25(2,3)35-24(34)29-14-12-28(13-15-29)11-5-6-17-7-8-18-20(16-17)27(4)23(33)30(18)19-9-10-21(31)26-22(19)32/h7-8,16,19H,5-6,9-15H2,1-4H3,(H,26,31,32). The van der Waals surface area contributed by atoms with E-state index in [0.29, 0.717) is 25.0 Å². The van der Waals surface area contributed by atoms with Gasteiger partial charge < -0.3 is 9.64 Å². The molecule has 2 aromatic rings. The van der Waals surface area contributed by atoms with Crippen LogP contribution in [0.1, 0.15) is 51.6 Å². The Morgan fingerprint density at radius 1 is 1.09 bits per heavy atom. The Labute approximate surface area is 204 Å². The lowest BCUT2D eigenvalue weighted by Crippen LogP contribution is -2.50. The maximum Gasteiger partial charge on any atom is 0.410 e. The number of piperazine rings is 1. The van der Waals surface area contributed by atoms with E-state index in [4.69, 9.17) is 4.74 Å². The van der Waals surface area contributed by atoms with Gasteiger partial charge >= 0.3 is 11.8 Å². The highest BCUT2D eigenvalue weighted by Gasteiger charge is 2.31. The van der Waals surface area contributed by atoms with Gasteiger partial charge in [-0.2, -0.15) is 0 Å². The van der Waals surface area contributed by atoms with Crippen LogP contribution in [0.3, 0.4) is 0 Å². The second-order valence-corrected chi connectivity index (χ2v) is 10.4. The molecule has 0 spiro atoms. The van der Waals surface area contributed by atoms with E-state index in [0.717, 1.165) is 43.6 Å². The van der Waals surface area contributed by atoms with Crippen molar-refractivity contribution in [1.82, 2.24) is 24.3 Å². The van der Waals surface area contributed by atoms with Gasteiger partial charge in [0.15, 0.2) is 0 Å². The summed E-state index contributed by atoms with van der Waals surface area (Å²) in [4.78, 5) is 53.1. The summed E-state index contributed by atoms with van der Waals surface area (Å²) in [6, 6.07) is 5.24. The van der Waals surface area contributed by atoms with E-state index in [-0.39, 0.29) is 24.1 Å². The third kappa shape index (κ3) is 5.58. The SMILES string of the molecule is Cn1c(=O)n(C2CCC(=O)NC2=O)c2ccc(CCCN3CCN(C(=O)OC(C)(C)C)CC3)cc21. The van der Waals surface area contributed by atoms with Gasteiger partial charge in [0.05, 0.1) is 11.0 Å². The summed E-state index contributed by atoms with van der Waals surface area (Å²) < 4.78 is 8.53. The molecule has 1 aromatic heterocycles. The molecule has 0 bridgehead atoms. The van der Waals surface area contributed by atoms with Crippen molar-refractivity contribution in [2.45, 2.75) is 58.1 Å². The number of nitrogens with one attached hydrogen (secondary N) is 1. The molecule has 10 heteroatoms. The molecule has 35 heavy (non-hydrogen) atoms. The number of imidazole rings is 1. The van der Waals surface area contributed by atoms with Crippen molar-refractivity contribution >= 4 is 28.9 Å². The third-order valence-corrected chi connectivity index (χ3v) is 6.64. The summed E-state index contributed by atoms with van der Waals surface area (Å²) >= 11 is 0. The summed E-state index contributed by atoms with van der Waals surface area (Å²) in [6.07, 6.45) is 2.12. The highest BCUT2D eigenvalue weighted by Crippen LogP contribution is 2.24. The van der Waals surface area contributed by atoms with E-state index in [1.54, 1.807) is 16.5 Å². The van der Waals surface area contributed by atoms with Crippen molar-refractivity contribution in [1.29, 1.82) is 0 Å². The Bertz CT molecular complexity index is 1180. The molecule has 1 aromatic carbocycles. The predicted molar refractivity (Wildman–Crippen MR) is 131 cm³/mol. The van der Waals surface area contributed by atoms with E-state index in [1.165, 1.54) is 4.57 Å². The van der Waals surface area contributed by atoms with Gasteiger partial charge in [0.1, 0.15) is 11.6 Å². The number of aryl methyl sites for hydroxylation is 2. The topological polar surface area (TPSA) is 106 Å². The first-order valence-corrected chi connectivity index (χ1v) is 12.3. The molecule has 0 radical (unpaired) electrons. The summed E-state index contributed by atoms with van der Waals surface area (Å²) in [5.41, 5.74) is 1.87. The van der Waals surface area contributed by atoms with Crippen LogP contribution in [0.2, 0.25) is 0 Å². The Morgan fingerprint density at radius 3 is 2.46 bits per heavy atom. The highest BCUT2D eigenvalue weighted by atomic mass is 16.6. The van der Waals surface area contributed by atoms with Crippen molar-refractivity contribution in [2.24, 2.45) is 7.05 Å². The van der Waals surface area contributed by atoms with Crippen molar-refractivity contribution in [3.63, 3.8) is 0 Å². The zero-order valence-electron chi connectivity index (χ0n) is 21.0. The molecular formula is C25H35N5O5. The van der Waals surface area contributed by atoms with Gasteiger partial charge in [0.2, 0.25) is 11.8 Å². The molecule has 0 saturated carbocycles. The number of imide groups is 1. The van der Waals surface area contributed by atoms with Crippen LogP contribution in [0.4, 0.5) is 4.79 Å². The molecule has 1 N–H and O–H groups in total. The first-order chi connectivity index (χ1) is 16.5. The maximum atomic E-state index is 12.9. The minimum atomic E-state index is -0.672. The number of hydrogen-bond donors (Lipinski definition) is 1. The van der Waals surface area contributed by atoms with Crippen molar-refractivity contribution < 1.29 is 19.1 Å². The number of fused-ring (bicyclic) bond motifs is 1. The van der Waals surface area contributed by atoms with Crippen LogP contribution in [0.25, 0.3) is 11.0 Å². The van der Waals surface area contributed by atoms with Gasteiger partial charge in [-0.15, -0.1) is 0 Å². The normalized spacial score (nSPS) is 19.8. The van der Waals surface area contributed by atoms with Crippen LogP contribution >= 0.6 is 0 Å². The zero-order valence-corrected chi connectivity index (χ0v) is 21.0. The number of carbonyl (C=O) groups excluding carboxylic acids is 3. The number of carbonyl (C=O) groups is 3. The fourth-order valence-electron chi connectivity index (χ4n) is 4.78. The number of nitrogens with zero attached hydrogens (tertiary/aromatic N) is 4. The molecule has 0 aliphatic carbocycles. The fraction of sp³-hybridized carbons (Fsp3) is 0.600. The summed E-state index contributed by atoms with van der Waals surface area (Å²) in [7, 11) is 1.71. The molecule has 2 aliphatic heterocycles. The van der Waals surface area contributed by atoms with E-state index in [1.807, 2.05) is 39.0 Å². The van der Waals surface area contributed by atoms with Crippen LogP contribution in [-0.4, -0.2) is 75.2 Å². The molecule has 2 aliphatic rings. The Hall–Kier alpha value is -3.14. The number of amides is 3. The predicted octanol–water partition coefficient (Wildman–Crippen LogP) is 1.80. The van der Waals surface area contributed by atoms with Gasteiger partial charge in [0, 0.05) is 39.6 Å². The smallest absolute Gasteiger partial charge is 0.410 e. The average molecular weight is 486 g/mol. The van der Waals surface area contributed by atoms with Crippen molar-refractivity contribution in [2.75, 3.05) is 32.7 Å². The van der Waals surface area contributed by atoms with Crippen LogP contribution < -0.4 is 11.0 Å². The van der Waals surface area contributed by atoms with Gasteiger partial charge in [-0.05, 0) is 64.3 Å². The zero-order chi connectivity index (χ0) is 25.3. The number of benzene rings is 1. The van der Waals surface area contributed by atoms with Crippen LogP contribution in [-0.2, 0) is 27.8 Å². The number of hydrogen-bond acceptors (Lipinski definition) is 6. The molecule has 10 nitrogen and oxygen atoms in total. The third-order valence-electron chi connectivity index (χ3n) is 6.64. The van der Waals surface area contributed by atoms with Crippen molar-refractivity contribution in [3.8, 4) is 0 Å². The summed E-state index contributed by atoms with van der Waals surface area (Å²) in [5, 5.41) is 2.34. The second kappa shape index (κ2) is 9.85. The second-order valence-electron chi connectivity index (χ2n) is 10.4. The van der Waals surface area contributed by atoms with Crippen LogP contribution in [0.15, 0.2) is 23.0 Å². The average Bonchev–Trinajstić information content (AvgIpc) is 3.03. The largest absolute Gasteiger partial charge is 0.444 e. The Balaban J connectivity index is 1.34. The monoisotopic (exact) mass is 485 g/mol. The summed E-state index contributed by atoms with van der Waals surface area (Å²) in [5.74, 6) is -0.722. The summed E-state index contributed by atoms with van der Waals surface area (Å²) in [6.45, 7) is 9.52. The lowest BCUT2D eigenvalue weighted by Gasteiger charge is -2.35. The van der Waals surface area contributed by atoms with Crippen LogP contribution in [0.5, 0.6) is 0 Å². The van der Waals surface area contributed by atoms with E-state index in [9.17, 15) is 19.2 Å². The number of rotatable bonds is 5. The van der Waals surface area contributed by atoms with Gasteiger partial charge in [-0.3, -0.25) is 28.9 Å². The fourth-order valence-corrected chi connectivity index (χ4v) is 4.78. The molecular weight excluding hydrogens is 450 g/mol. The number of aromatic nitrogens is 2. The van der Waals surface area contributed by atoms with Crippen molar-refractivity contribution in [3.05, 3.63) is 34.2 Å². The minimum Gasteiger partial charge on any atom is -0.444 e. The molecule has 2 saturated heterocycles. The lowest BCUT2D eigenvalue weighted by molar-refractivity contribution is -0.135. The minimum absolute atomic E-state index is 0.226. The quantitative estimate of drug-likeness (QED) is 0.648. The molecule has 190 valence electrons. The molecule has 3 heterocycles. The maximum absolute atomic E-state index is 12.9. The molecule has 1 unspecified atom stereocenters. The number of piperidine rings is 1. The Morgan fingerprint density at radius 2 is 1.80 bits per heavy atom. The number of ether oxygens (including phenoxy) is 1. The van der Waals surface area contributed by atoms with Gasteiger partial charge in [-0.1, -0.05) is 6.07 Å². The van der Waals surface area contributed by atoms with E-state index in [2.05, 4.69) is 10.2 Å². The van der Waals surface area contributed by atoms with Crippen LogP contribution in [0, 0.1) is 0 Å². The first-order valence-electron chi connectivity index (χ1n) is 12.3. The molecule has 2 fully saturated rings. The highest BCUT2D eigenvalue weighted by molar-refractivity contribution is 6.00. The van der Waals surface area contributed by atoms with Gasteiger partial charge in [0.25, 0.3) is 0 Å². The molecule has 1 atom stereocenters. The van der Waals surface area contributed by atoms with Gasteiger partial charge in [-0.25, -0.2) is 9.59 Å². The first kappa shape index (κ1) is 25.0. The molecule has 3 amide bonds. The Kier molecular flexibility index (Phi) is 7.02. The van der Waals surface area contributed by atoms with E-state index >= 15 is 0 Å².